The van der Waals surface area contributed by atoms with Crippen LogP contribution in [0.15, 0.2) is 24.5 Å². The molecule has 1 atom stereocenters. The van der Waals surface area contributed by atoms with Gasteiger partial charge in [0, 0.05) is 48.9 Å². The number of fused-ring (bicyclic) bond motifs is 1. The highest BCUT2D eigenvalue weighted by atomic mass is 16.5. The van der Waals surface area contributed by atoms with E-state index in [1.54, 1.807) is 31.6 Å². The van der Waals surface area contributed by atoms with Crippen molar-refractivity contribution in [1.29, 1.82) is 0 Å². The van der Waals surface area contributed by atoms with Gasteiger partial charge < -0.3 is 19.6 Å². The van der Waals surface area contributed by atoms with Crippen molar-refractivity contribution in [1.82, 2.24) is 14.7 Å². The molecule has 33 heavy (non-hydrogen) atoms. The average molecular weight is 455 g/mol. The number of aliphatic hydroxyl groups is 1. The number of hydrogen-bond acceptors (Lipinski definition) is 5. The zero-order valence-electron chi connectivity index (χ0n) is 20.0. The quantitative estimate of drug-likeness (QED) is 0.725. The summed E-state index contributed by atoms with van der Waals surface area (Å²) in [6.07, 6.45) is 7.27. The van der Waals surface area contributed by atoms with E-state index in [0.29, 0.717) is 12.3 Å². The normalized spacial score (nSPS) is 18.4. The van der Waals surface area contributed by atoms with Crippen molar-refractivity contribution in [2.24, 2.45) is 0 Å². The Kier molecular flexibility index (Phi) is 6.47. The summed E-state index contributed by atoms with van der Waals surface area (Å²) < 4.78 is 7.93. The van der Waals surface area contributed by atoms with Gasteiger partial charge in [0.05, 0.1) is 24.0 Å². The number of carbonyl (C=O) groups is 2. The van der Waals surface area contributed by atoms with Gasteiger partial charge in [-0.05, 0) is 58.6 Å². The summed E-state index contributed by atoms with van der Waals surface area (Å²) in [5.41, 5.74) is 2.59. The van der Waals surface area contributed by atoms with E-state index in [-0.39, 0.29) is 24.5 Å². The van der Waals surface area contributed by atoms with E-state index in [1.165, 1.54) is 0 Å². The molecular weight excluding hydrogens is 420 g/mol. The second-order valence-corrected chi connectivity index (χ2v) is 9.83. The topological polar surface area (TPSA) is 87.9 Å². The number of benzene rings is 1. The third-order valence-corrected chi connectivity index (χ3v) is 6.38. The van der Waals surface area contributed by atoms with Gasteiger partial charge in [0.15, 0.2) is 6.61 Å². The molecule has 178 valence electrons. The van der Waals surface area contributed by atoms with E-state index in [1.807, 2.05) is 28.1 Å². The molecule has 2 aromatic rings. The second-order valence-electron chi connectivity index (χ2n) is 9.83. The van der Waals surface area contributed by atoms with Gasteiger partial charge in [-0.15, -0.1) is 0 Å². The molecule has 0 saturated carbocycles. The molecule has 1 fully saturated rings. The lowest BCUT2D eigenvalue weighted by Gasteiger charge is -2.36. The summed E-state index contributed by atoms with van der Waals surface area (Å²) in [7, 11) is 0. The maximum absolute atomic E-state index is 12.7. The Morgan fingerprint density at radius 1 is 1.24 bits per heavy atom. The fraction of sp³-hybridized carbons (Fsp3) is 0.560. The van der Waals surface area contributed by atoms with Crippen LogP contribution in [0.3, 0.4) is 0 Å². The van der Waals surface area contributed by atoms with Crippen LogP contribution in [0.4, 0.5) is 5.69 Å². The van der Waals surface area contributed by atoms with Crippen LogP contribution in [0.2, 0.25) is 0 Å². The molecule has 0 spiro atoms. The molecule has 0 aliphatic carbocycles. The number of amides is 2. The number of rotatable bonds is 6. The first-order valence-corrected chi connectivity index (χ1v) is 11.8. The van der Waals surface area contributed by atoms with Gasteiger partial charge in [-0.2, -0.15) is 5.10 Å². The summed E-state index contributed by atoms with van der Waals surface area (Å²) in [6, 6.07) is 4.01. The SMILES string of the molecule is CC(=O)N1c2ccc(-c3cnn(CC(C)(C)O)c3)c(OCC(=O)N3CCCC3)c2CC[C@@H]1C. The fourth-order valence-electron chi connectivity index (χ4n) is 4.85. The number of carbonyl (C=O) groups excluding carboxylic acids is 2. The number of anilines is 1. The van der Waals surface area contributed by atoms with Gasteiger partial charge in [-0.3, -0.25) is 14.3 Å². The van der Waals surface area contributed by atoms with Crippen LogP contribution in [-0.2, 0) is 22.6 Å². The van der Waals surface area contributed by atoms with E-state index in [4.69, 9.17) is 4.74 Å². The van der Waals surface area contributed by atoms with Crippen molar-refractivity contribution in [2.75, 3.05) is 24.6 Å². The molecule has 1 aromatic carbocycles. The van der Waals surface area contributed by atoms with Crippen LogP contribution < -0.4 is 9.64 Å². The highest BCUT2D eigenvalue weighted by Gasteiger charge is 2.30. The summed E-state index contributed by atoms with van der Waals surface area (Å²) in [5.74, 6) is 0.621. The summed E-state index contributed by atoms with van der Waals surface area (Å²) in [6.45, 7) is 9.00. The van der Waals surface area contributed by atoms with Crippen molar-refractivity contribution >= 4 is 17.5 Å². The first-order chi connectivity index (χ1) is 15.6. The molecule has 8 heteroatoms. The first kappa shape index (κ1) is 23.3. The summed E-state index contributed by atoms with van der Waals surface area (Å²) >= 11 is 0. The van der Waals surface area contributed by atoms with E-state index < -0.39 is 5.60 Å². The molecule has 0 unspecified atom stereocenters. The van der Waals surface area contributed by atoms with E-state index in [2.05, 4.69) is 12.0 Å². The highest BCUT2D eigenvalue weighted by Crippen LogP contribution is 2.43. The average Bonchev–Trinajstić information content (AvgIpc) is 3.42. The standard InChI is InChI=1S/C25H34N4O4/c1-17-7-8-21-22(29(17)18(2)30)10-9-20(19-13-26-28(14-19)16-25(3,4)32)24(21)33-15-23(31)27-11-5-6-12-27/h9-10,13-14,17,32H,5-8,11-12,15-16H2,1-4H3/t17-/m0/s1. The van der Waals surface area contributed by atoms with Crippen molar-refractivity contribution in [3.05, 3.63) is 30.1 Å². The van der Waals surface area contributed by atoms with E-state index in [9.17, 15) is 14.7 Å². The fourth-order valence-corrected chi connectivity index (χ4v) is 4.85. The minimum absolute atomic E-state index is 0.00621. The minimum atomic E-state index is -0.890. The largest absolute Gasteiger partial charge is 0.483 e. The Bertz CT molecular complexity index is 1030. The van der Waals surface area contributed by atoms with Crippen molar-refractivity contribution < 1.29 is 19.4 Å². The molecule has 0 bridgehead atoms. The zero-order valence-corrected chi connectivity index (χ0v) is 20.0. The molecular formula is C25H34N4O4. The maximum Gasteiger partial charge on any atom is 0.260 e. The molecule has 2 aliphatic heterocycles. The van der Waals surface area contributed by atoms with Crippen molar-refractivity contribution in [3.8, 4) is 16.9 Å². The lowest BCUT2D eigenvalue weighted by Crippen LogP contribution is -2.41. The third kappa shape index (κ3) is 5.05. The number of hydrogen-bond donors (Lipinski definition) is 1. The second kappa shape index (κ2) is 9.17. The Hall–Kier alpha value is -2.87. The number of likely N-dealkylation sites (tertiary alicyclic amines) is 1. The van der Waals surface area contributed by atoms with Crippen LogP contribution in [-0.4, -0.2) is 62.9 Å². The predicted molar refractivity (Wildman–Crippen MR) is 126 cm³/mol. The minimum Gasteiger partial charge on any atom is -0.483 e. The van der Waals surface area contributed by atoms with Gasteiger partial charge in [0.25, 0.3) is 5.91 Å². The van der Waals surface area contributed by atoms with Crippen molar-refractivity contribution in [3.63, 3.8) is 0 Å². The molecule has 4 rings (SSSR count). The van der Waals surface area contributed by atoms with E-state index >= 15 is 0 Å². The third-order valence-electron chi connectivity index (χ3n) is 6.38. The summed E-state index contributed by atoms with van der Waals surface area (Å²) in [4.78, 5) is 28.8. The number of nitrogens with zero attached hydrogens (tertiary/aromatic N) is 4. The van der Waals surface area contributed by atoms with Crippen LogP contribution in [0.25, 0.3) is 11.1 Å². The van der Waals surface area contributed by atoms with Gasteiger partial charge in [0.1, 0.15) is 5.75 Å². The monoisotopic (exact) mass is 454 g/mol. The molecule has 2 aliphatic rings. The number of ether oxygens (including phenoxy) is 1. The van der Waals surface area contributed by atoms with Gasteiger partial charge in [-0.1, -0.05) is 0 Å². The van der Waals surface area contributed by atoms with Gasteiger partial charge in [-0.25, -0.2) is 0 Å². The summed E-state index contributed by atoms with van der Waals surface area (Å²) in [5, 5.41) is 14.6. The van der Waals surface area contributed by atoms with Gasteiger partial charge >= 0.3 is 0 Å². The smallest absolute Gasteiger partial charge is 0.260 e. The predicted octanol–water partition coefficient (Wildman–Crippen LogP) is 3.01. The van der Waals surface area contributed by atoms with Gasteiger partial charge in [0.2, 0.25) is 5.91 Å². The van der Waals surface area contributed by atoms with Crippen LogP contribution >= 0.6 is 0 Å². The lowest BCUT2D eigenvalue weighted by molar-refractivity contribution is -0.132. The lowest BCUT2D eigenvalue weighted by atomic mass is 9.92. The molecule has 1 aromatic heterocycles. The number of aromatic nitrogens is 2. The van der Waals surface area contributed by atoms with Crippen LogP contribution in [0, 0.1) is 0 Å². The maximum atomic E-state index is 12.7. The molecule has 2 amide bonds. The Morgan fingerprint density at radius 3 is 2.64 bits per heavy atom. The molecule has 1 saturated heterocycles. The zero-order chi connectivity index (χ0) is 23.8. The molecule has 0 radical (unpaired) electrons. The van der Waals surface area contributed by atoms with Crippen LogP contribution in [0.5, 0.6) is 5.75 Å². The van der Waals surface area contributed by atoms with Crippen molar-refractivity contribution in [2.45, 2.75) is 71.6 Å². The molecule has 1 N–H and O–H groups in total. The molecule has 3 heterocycles. The van der Waals surface area contributed by atoms with Crippen LogP contribution in [0.1, 0.15) is 52.5 Å². The Morgan fingerprint density at radius 2 is 1.97 bits per heavy atom. The highest BCUT2D eigenvalue weighted by molar-refractivity contribution is 5.95. The Labute approximate surface area is 195 Å². The molecule has 8 nitrogen and oxygen atoms in total. The first-order valence-electron chi connectivity index (χ1n) is 11.8. The van der Waals surface area contributed by atoms with E-state index in [0.717, 1.165) is 61.2 Å². The Balaban J connectivity index is 1.71.